The van der Waals surface area contributed by atoms with Gasteiger partial charge in [0.15, 0.2) is 5.06 Å². The Balaban J connectivity index is 2.35. The van der Waals surface area contributed by atoms with Crippen LogP contribution in [-0.2, 0) is 0 Å². The Hall–Kier alpha value is -1.43. The highest BCUT2D eigenvalue weighted by Crippen LogP contribution is 2.22. The van der Waals surface area contributed by atoms with E-state index in [0.717, 1.165) is 5.06 Å². The van der Waals surface area contributed by atoms with Gasteiger partial charge in [-0.25, -0.2) is 4.98 Å². The van der Waals surface area contributed by atoms with Crippen LogP contribution in [0.5, 0.6) is 5.06 Å². The van der Waals surface area contributed by atoms with Gasteiger partial charge in [-0.3, -0.25) is 0 Å². The Kier molecular flexibility index (Phi) is 1.75. The van der Waals surface area contributed by atoms with Gasteiger partial charge in [-0.15, -0.1) is 4.80 Å². The topological polar surface area (TPSA) is 52.8 Å². The molecule has 0 aliphatic carbocycles. The quantitative estimate of drug-likeness (QED) is 0.687. The molecule has 0 N–H and O–H groups in total. The Labute approximate surface area is 72.6 Å². The van der Waals surface area contributed by atoms with E-state index >= 15 is 0 Å². The molecule has 2 heterocycles. The van der Waals surface area contributed by atoms with Gasteiger partial charge in [-0.2, -0.15) is 10.2 Å². The third-order valence-electron chi connectivity index (χ3n) is 1.26. The molecular weight excluding hydrogens is 176 g/mol. The molecule has 0 aromatic carbocycles. The molecule has 0 aliphatic heterocycles. The normalized spacial score (nSPS) is 10.1. The molecular formula is C6H6N4OS. The second-order valence-corrected chi connectivity index (χ2v) is 2.96. The highest BCUT2D eigenvalue weighted by Gasteiger charge is 2.03. The minimum Gasteiger partial charge on any atom is -0.486 e. The van der Waals surface area contributed by atoms with E-state index in [1.807, 2.05) is 0 Å². The summed E-state index contributed by atoms with van der Waals surface area (Å²) >= 11 is 1.40. The predicted octanol–water partition coefficient (Wildman–Crippen LogP) is 0.732. The van der Waals surface area contributed by atoms with Crippen molar-refractivity contribution < 1.29 is 4.74 Å². The van der Waals surface area contributed by atoms with E-state index in [1.165, 1.54) is 16.1 Å². The minimum atomic E-state index is 0.705. The standard InChI is InChI=1S/C6H6N4OS/c1-11-5-4-7-6(12-5)10-8-2-3-9-10/h2-4H,1H3. The molecule has 0 saturated carbocycles. The zero-order chi connectivity index (χ0) is 8.39. The van der Waals surface area contributed by atoms with Crippen LogP contribution in [0.25, 0.3) is 5.13 Å². The maximum atomic E-state index is 4.98. The number of thiazole rings is 1. The summed E-state index contributed by atoms with van der Waals surface area (Å²) in [6.07, 6.45) is 4.85. The van der Waals surface area contributed by atoms with Crippen LogP contribution in [0.2, 0.25) is 0 Å². The van der Waals surface area contributed by atoms with Crippen molar-refractivity contribution in [2.45, 2.75) is 0 Å². The third-order valence-corrected chi connectivity index (χ3v) is 2.19. The van der Waals surface area contributed by atoms with E-state index in [0.29, 0.717) is 5.13 Å². The van der Waals surface area contributed by atoms with Crippen molar-refractivity contribution in [2.75, 3.05) is 7.11 Å². The summed E-state index contributed by atoms with van der Waals surface area (Å²) in [6.45, 7) is 0. The first kappa shape index (κ1) is 7.23. The summed E-state index contributed by atoms with van der Waals surface area (Å²) in [7, 11) is 1.60. The van der Waals surface area contributed by atoms with Gasteiger partial charge < -0.3 is 4.74 Å². The second-order valence-electron chi connectivity index (χ2n) is 1.98. The van der Waals surface area contributed by atoms with Crippen molar-refractivity contribution in [1.82, 2.24) is 20.0 Å². The Bertz CT molecular complexity index is 355. The van der Waals surface area contributed by atoms with Crippen molar-refractivity contribution in [3.05, 3.63) is 18.6 Å². The molecule has 2 rings (SSSR count). The van der Waals surface area contributed by atoms with Crippen LogP contribution in [0.4, 0.5) is 0 Å². The van der Waals surface area contributed by atoms with Gasteiger partial charge in [0.25, 0.3) is 0 Å². The summed E-state index contributed by atoms with van der Waals surface area (Å²) in [6, 6.07) is 0. The SMILES string of the molecule is COc1cnc(-n2nccn2)s1. The van der Waals surface area contributed by atoms with Crippen molar-refractivity contribution >= 4 is 11.3 Å². The Morgan fingerprint density at radius 3 is 2.75 bits per heavy atom. The van der Waals surface area contributed by atoms with Gasteiger partial charge in [0.2, 0.25) is 5.13 Å². The molecule has 62 valence electrons. The van der Waals surface area contributed by atoms with Crippen LogP contribution >= 0.6 is 11.3 Å². The second kappa shape index (κ2) is 2.90. The summed E-state index contributed by atoms with van der Waals surface area (Å²) in [4.78, 5) is 5.51. The molecule has 0 amide bonds. The number of hydrogen-bond donors (Lipinski definition) is 0. The molecule has 0 atom stereocenters. The number of rotatable bonds is 2. The van der Waals surface area contributed by atoms with E-state index in [9.17, 15) is 0 Å². The fraction of sp³-hybridized carbons (Fsp3) is 0.167. The lowest BCUT2D eigenvalue weighted by Gasteiger charge is -1.89. The highest BCUT2D eigenvalue weighted by atomic mass is 32.1. The molecule has 2 aromatic heterocycles. The first-order valence-corrected chi connectivity index (χ1v) is 4.08. The van der Waals surface area contributed by atoms with Crippen molar-refractivity contribution in [3.63, 3.8) is 0 Å². The molecule has 6 heteroatoms. The molecule has 0 fully saturated rings. The summed E-state index contributed by atoms with van der Waals surface area (Å²) in [5.41, 5.74) is 0. The van der Waals surface area contributed by atoms with Gasteiger partial charge in [0, 0.05) is 0 Å². The molecule has 0 aliphatic rings. The number of aromatic nitrogens is 4. The van der Waals surface area contributed by atoms with E-state index in [-0.39, 0.29) is 0 Å². The van der Waals surface area contributed by atoms with Gasteiger partial charge in [0.05, 0.1) is 25.7 Å². The molecule has 12 heavy (non-hydrogen) atoms. The zero-order valence-corrected chi connectivity index (χ0v) is 7.15. The molecule has 0 bridgehead atoms. The van der Waals surface area contributed by atoms with Crippen LogP contribution in [0, 0.1) is 0 Å². The first-order valence-electron chi connectivity index (χ1n) is 3.26. The number of nitrogens with zero attached hydrogens (tertiary/aromatic N) is 4. The Morgan fingerprint density at radius 1 is 1.42 bits per heavy atom. The van der Waals surface area contributed by atoms with Crippen molar-refractivity contribution in [3.8, 4) is 10.2 Å². The van der Waals surface area contributed by atoms with Crippen LogP contribution in [-0.4, -0.2) is 27.1 Å². The summed E-state index contributed by atoms with van der Waals surface area (Å²) in [5.74, 6) is 0. The minimum absolute atomic E-state index is 0.705. The molecule has 5 nitrogen and oxygen atoms in total. The van der Waals surface area contributed by atoms with E-state index in [2.05, 4.69) is 15.2 Å². The van der Waals surface area contributed by atoms with E-state index in [4.69, 9.17) is 4.74 Å². The smallest absolute Gasteiger partial charge is 0.233 e. The molecule has 0 unspecified atom stereocenters. The van der Waals surface area contributed by atoms with E-state index in [1.54, 1.807) is 25.7 Å². The van der Waals surface area contributed by atoms with Gasteiger partial charge in [0.1, 0.15) is 0 Å². The highest BCUT2D eigenvalue weighted by molar-refractivity contribution is 7.15. The van der Waals surface area contributed by atoms with Crippen LogP contribution in [0.1, 0.15) is 0 Å². The average molecular weight is 182 g/mol. The molecule has 0 radical (unpaired) electrons. The lowest BCUT2D eigenvalue weighted by atomic mass is 10.9. The van der Waals surface area contributed by atoms with Crippen molar-refractivity contribution in [1.29, 1.82) is 0 Å². The van der Waals surface area contributed by atoms with Gasteiger partial charge >= 0.3 is 0 Å². The maximum Gasteiger partial charge on any atom is 0.233 e. The van der Waals surface area contributed by atoms with Crippen LogP contribution in [0.15, 0.2) is 18.6 Å². The lowest BCUT2D eigenvalue weighted by Crippen LogP contribution is -1.96. The molecule has 0 saturated heterocycles. The fourth-order valence-corrected chi connectivity index (χ4v) is 1.40. The largest absolute Gasteiger partial charge is 0.486 e. The maximum absolute atomic E-state index is 4.98. The predicted molar refractivity (Wildman–Crippen MR) is 43.6 cm³/mol. The molecule has 2 aromatic rings. The number of methoxy groups -OCH3 is 1. The number of ether oxygens (including phenoxy) is 1. The average Bonchev–Trinajstić information content (AvgIpc) is 2.75. The summed E-state index contributed by atoms with van der Waals surface area (Å²) in [5, 5.41) is 9.32. The zero-order valence-electron chi connectivity index (χ0n) is 6.34. The fourth-order valence-electron chi connectivity index (χ4n) is 0.752. The molecule has 0 spiro atoms. The monoisotopic (exact) mass is 182 g/mol. The lowest BCUT2D eigenvalue weighted by molar-refractivity contribution is 0.426. The van der Waals surface area contributed by atoms with Gasteiger partial charge in [-0.05, 0) is 0 Å². The van der Waals surface area contributed by atoms with Crippen LogP contribution < -0.4 is 4.74 Å². The first-order chi connectivity index (χ1) is 5.90. The number of hydrogen-bond acceptors (Lipinski definition) is 5. The van der Waals surface area contributed by atoms with Crippen molar-refractivity contribution in [2.24, 2.45) is 0 Å². The van der Waals surface area contributed by atoms with Gasteiger partial charge in [-0.1, -0.05) is 11.3 Å². The van der Waals surface area contributed by atoms with Crippen LogP contribution in [0.3, 0.4) is 0 Å². The van der Waals surface area contributed by atoms with E-state index < -0.39 is 0 Å². The summed E-state index contributed by atoms with van der Waals surface area (Å²) < 4.78 is 4.98. The third kappa shape index (κ3) is 1.16. The Morgan fingerprint density at radius 2 is 2.17 bits per heavy atom.